The minimum atomic E-state index is -0.151. The fourth-order valence-corrected chi connectivity index (χ4v) is 3.67. The van der Waals surface area contributed by atoms with Gasteiger partial charge in [-0.2, -0.15) is 11.3 Å². The summed E-state index contributed by atoms with van der Waals surface area (Å²) >= 11 is 3.33. The van der Waals surface area contributed by atoms with Crippen LogP contribution >= 0.6 is 22.7 Å². The van der Waals surface area contributed by atoms with E-state index in [0.29, 0.717) is 12.1 Å². The molecule has 0 amide bonds. The molecule has 3 rings (SSSR count). The second-order valence-electron chi connectivity index (χ2n) is 4.92. The monoisotopic (exact) mass is 318 g/mol. The molecule has 1 aromatic carbocycles. The summed E-state index contributed by atoms with van der Waals surface area (Å²) in [6.07, 6.45) is 0. The number of nitrogens with zero attached hydrogens (tertiary/aromatic N) is 2. The Morgan fingerprint density at radius 3 is 2.76 bits per heavy atom. The van der Waals surface area contributed by atoms with Crippen molar-refractivity contribution < 1.29 is 4.39 Å². The van der Waals surface area contributed by atoms with Crippen LogP contribution in [0.2, 0.25) is 0 Å². The van der Waals surface area contributed by atoms with Crippen molar-refractivity contribution in [1.82, 2.24) is 9.88 Å². The van der Waals surface area contributed by atoms with Crippen LogP contribution in [0.3, 0.4) is 0 Å². The fraction of sp³-hybridized carbons (Fsp3) is 0.188. The summed E-state index contributed by atoms with van der Waals surface area (Å²) in [5, 5.41) is 7.28. The van der Waals surface area contributed by atoms with Crippen LogP contribution in [0.25, 0.3) is 10.6 Å². The summed E-state index contributed by atoms with van der Waals surface area (Å²) in [5.74, 6) is -0.151. The van der Waals surface area contributed by atoms with Gasteiger partial charge >= 0.3 is 0 Å². The predicted octanol–water partition coefficient (Wildman–Crippen LogP) is 4.64. The smallest absolute Gasteiger partial charge is 0.127 e. The second-order valence-corrected chi connectivity index (χ2v) is 6.56. The number of thiazole rings is 1. The van der Waals surface area contributed by atoms with E-state index in [2.05, 4.69) is 32.1 Å². The highest BCUT2D eigenvalue weighted by molar-refractivity contribution is 7.14. The molecule has 0 saturated carbocycles. The van der Waals surface area contributed by atoms with Crippen LogP contribution in [-0.2, 0) is 13.1 Å². The molecule has 0 unspecified atom stereocenters. The van der Waals surface area contributed by atoms with Gasteiger partial charge in [-0.15, -0.1) is 11.3 Å². The zero-order chi connectivity index (χ0) is 14.7. The first-order valence-corrected chi connectivity index (χ1v) is 8.43. The van der Waals surface area contributed by atoms with Gasteiger partial charge < -0.3 is 0 Å². The molecule has 2 aromatic heterocycles. The second kappa shape index (κ2) is 6.47. The van der Waals surface area contributed by atoms with Crippen LogP contribution in [-0.4, -0.2) is 16.9 Å². The first-order valence-electron chi connectivity index (χ1n) is 6.61. The summed E-state index contributed by atoms with van der Waals surface area (Å²) in [6.45, 7) is 1.30. The molecule has 0 spiro atoms. The molecule has 0 N–H and O–H groups in total. The molecule has 2 nitrogen and oxygen atoms in total. The lowest BCUT2D eigenvalue weighted by molar-refractivity contribution is 0.310. The van der Waals surface area contributed by atoms with Gasteiger partial charge in [0.15, 0.2) is 0 Å². The Morgan fingerprint density at radius 1 is 1.14 bits per heavy atom. The standard InChI is InChI=1S/C16H15FN2S2/c1-19(8-12-4-2-3-5-15(12)17)9-14-11-21-16(18-14)13-6-7-20-10-13/h2-7,10-11H,8-9H2,1H3. The number of halogens is 1. The minimum Gasteiger partial charge on any atom is -0.296 e. The highest BCUT2D eigenvalue weighted by atomic mass is 32.1. The maximum atomic E-state index is 13.6. The third-order valence-electron chi connectivity index (χ3n) is 3.15. The van der Waals surface area contributed by atoms with Gasteiger partial charge in [-0.25, -0.2) is 9.37 Å². The van der Waals surface area contributed by atoms with Crippen LogP contribution in [0, 0.1) is 5.82 Å². The summed E-state index contributed by atoms with van der Waals surface area (Å²) in [7, 11) is 1.98. The lowest BCUT2D eigenvalue weighted by Gasteiger charge is -2.15. The van der Waals surface area contributed by atoms with Crippen molar-refractivity contribution in [2.75, 3.05) is 7.05 Å². The van der Waals surface area contributed by atoms with Crippen molar-refractivity contribution in [2.45, 2.75) is 13.1 Å². The minimum absolute atomic E-state index is 0.151. The summed E-state index contributed by atoms with van der Waals surface area (Å²) in [4.78, 5) is 6.72. The van der Waals surface area contributed by atoms with E-state index < -0.39 is 0 Å². The highest BCUT2D eigenvalue weighted by Crippen LogP contribution is 2.26. The quantitative estimate of drug-likeness (QED) is 0.681. The van der Waals surface area contributed by atoms with Crippen molar-refractivity contribution in [3.05, 3.63) is 63.5 Å². The number of benzene rings is 1. The van der Waals surface area contributed by atoms with Crippen LogP contribution in [0.5, 0.6) is 0 Å². The Balaban J connectivity index is 1.65. The average Bonchev–Trinajstić information content (AvgIpc) is 3.12. The van der Waals surface area contributed by atoms with Gasteiger partial charge in [-0.3, -0.25) is 4.90 Å². The molecule has 0 radical (unpaired) electrons. The van der Waals surface area contributed by atoms with Gasteiger partial charge in [-0.1, -0.05) is 18.2 Å². The van der Waals surface area contributed by atoms with E-state index in [1.165, 1.54) is 11.6 Å². The average molecular weight is 318 g/mol. The number of hydrogen-bond donors (Lipinski definition) is 0. The lowest BCUT2D eigenvalue weighted by Crippen LogP contribution is -2.18. The molecule has 0 aliphatic rings. The highest BCUT2D eigenvalue weighted by Gasteiger charge is 2.09. The van der Waals surface area contributed by atoms with Crippen LogP contribution in [0.4, 0.5) is 4.39 Å². The van der Waals surface area contributed by atoms with Gasteiger partial charge in [0.05, 0.1) is 5.69 Å². The molecule has 0 aliphatic carbocycles. The molecular formula is C16H15FN2S2. The Bertz CT molecular complexity index is 707. The normalized spacial score (nSPS) is 11.2. The Morgan fingerprint density at radius 2 is 2.00 bits per heavy atom. The van der Waals surface area contributed by atoms with Crippen molar-refractivity contribution in [3.63, 3.8) is 0 Å². The third-order valence-corrected chi connectivity index (χ3v) is 4.77. The van der Waals surface area contributed by atoms with Crippen LogP contribution in [0.1, 0.15) is 11.3 Å². The molecule has 0 fully saturated rings. The first kappa shape index (κ1) is 14.4. The van der Waals surface area contributed by atoms with E-state index in [4.69, 9.17) is 0 Å². The van der Waals surface area contributed by atoms with Gasteiger partial charge in [0.1, 0.15) is 10.8 Å². The molecule has 0 aliphatic heterocycles. The molecule has 0 bridgehead atoms. The van der Waals surface area contributed by atoms with Gasteiger partial charge in [-0.05, 0) is 24.6 Å². The Labute approximate surface area is 131 Å². The molecule has 3 aromatic rings. The summed E-state index contributed by atoms with van der Waals surface area (Å²) in [6, 6.07) is 8.98. The van der Waals surface area contributed by atoms with E-state index in [9.17, 15) is 4.39 Å². The van der Waals surface area contributed by atoms with Gasteiger partial charge in [0.25, 0.3) is 0 Å². The summed E-state index contributed by atoms with van der Waals surface area (Å²) in [5.41, 5.74) is 2.92. The molecule has 0 atom stereocenters. The van der Waals surface area contributed by atoms with Crippen LogP contribution < -0.4 is 0 Å². The number of hydrogen-bond acceptors (Lipinski definition) is 4. The maximum absolute atomic E-state index is 13.6. The van der Waals surface area contributed by atoms with Crippen molar-refractivity contribution >= 4 is 22.7 Å². The maximum Gasteiger partial charge on any atom is 0.127 e. The molecule has 2 heterocycles. The Kier molecular flexibility index (Phi) is 4.43. The van der Waals surface area contributed by atoms with Crippen LogP contribution in [0.15, 0.2) is 46.5 Å². The number of aromatic nitrogens is 1. The zero-order valence-corrected chi connectivity index (χ0v) is 13.3. The molecular weight excluding hydrogens is 303 g/mol. The fourth-order valence-electron chi connectivity index (χ4n) is 2.15. The number of rotatable bonds is 5. The van der Waals surface area contributed by atoms with E-state index >= 15 is 0 Å². The van der Waals surface area contributed by atoms with Gasteiger partial charge in [0, 0.05) is 35.0 Å². The van der Waals surface area contributed by atoms with E-state index in [-0.39, 0.29) is 5.82 Å². The van der Waals surface area contributed by atoms with Crippen molar-refractivity contribution in [3.8, 4) is 10.6 Å². The van der Waals surface area contributed by atoms with Gasteiger partial charge in [0.2, 0.25) is 0 Å². The van der Waals surface area contributed by atoms with E-state index in [1.54, 1.807) is 28.7 Å². The van der Waals surface area contributed by atoms with Crippen molar-refractivity contribution in [1.29, 1.82) is 0 Å². The molecule has 108 valence electrons. The number of thiophene rings is 1. The SMILES string of the molecule is CN(Cc1csc(-c2ccsc2)n1)Cc1ccccc1F. The predicted molar refractivity (Wildman–Crippen MR) is 87.0 cm³/mol. The van der Waals surface area contributed by atoms with E-state index in [0.717, 1.165) is 17.2 Å². The first-order chi connectivity index (χ1) is 10.2. The molecule has 5 heteroatoms. The van der Waals surface area contributed by atoms with E-state index in [1.807, 2.05) is 19.2 Å². The summed E-state index contributed by atoms with van der Waals surface area (Å²) < 4.78 is 13.6. The zero-order valence-electron chi connectivity index (χ0n) is 11.6. The molecule has 21 heavy (non-hydrogen) atoms. The molecule has 0 saturated heterocycles. The van der Waals surface area contributed by atoms with Crippen molar-refractivity contribution in [2.24, 2.45) is 0 Å². The largest absolute Gasteiger partial charge is 0.296 e. The third kappa shape index (κ3) is 3.56. The lowest BCUT2D eigenvalue weighted by atomic mass is 10.2. The topological polar surface area (TPSA) is 16.1 Å². The Hall–Kier alpha value is -1.56.